The summed E-state index contributed by atoms with van der Waals surface area (Å²) in [6, 6.07) is 5.80. The maximum atomic E-state index is 11.2. The lowest BCUT2D eigenvalue weighted by molar-refractivity contribution is -0.116. The van der Waals surface area contributed by atoms with Crippen LogP contribution in [0, 0.1) is 6.92 Å². The summed E-state index contributed by atoms with van der Waals surface area (Å²) < 4.78 is 0. The van der Waals surface area contributed by atoms with E-state index in [4.69, 9.17) is 0 Å². The van der Waals surface area contributed by atoms with Crippen LogP contribution >= 0.6 is 28.6 Å². The van der Waals surface area contributed by atoms with Crippen LogP contribution in [0.4, 0.5) is 0 Å². The Morgan fingerprint density at radius 2 is 2.15 bits per heavy atom. The van der Waals surface area contributed by atoms with Crippen LogP contribution in [0.5, 0.6) is 0 Å². The Morgan fingerprint density at radius 1 is 1.54 bits per heavy atom. The molecule has 0 N–H and O–H groups in total. The second-order valence-corrected chi connectivity index (χ2v) is 4.38. The van der Waals surface area contributed by atoms with E-state index in [-0.39, 0.29) is 10.6 Å². The molecule has 0 aliphatic carbocycles. The lowest BCUT2D eigenvalue weighted by atomic mass is 10.0. The van der Waals surface area contributed by atoms with Gasteiger partial charge in [0.25, 0.3) is 0 Å². The highest BCUT2D eigenvalue weighted by Gasteiger charge is 2.16. The number of Topliss-reactive ketones (excluding diaryl/α,β-unsaturated/α-hetero) is 1. The largest absolute Gasteiger partial charge is 0.298 e. The molecule has 1 unspecified atom stereocenters. The summed E-state index contributed by atoms with van der Waals surface area (Å²) in [6.45, 7) is 3.55. The van der Waals surface area contributed by atoms with E-state index in [9.17, 15) is 4.79 Å². The topological polar surface area (TPSA) is 17.1 Å². The summed E-state index contributed by atoms with van der Waals surface area (Å²) in [5.41, 5.74) is 2.06. The van der Waals surface area contributed by atoms with Crippen LogP contribution in [-0.2, 0) is 4.79 Å². The molecule has 0 fully saturated rings. The molecular formula is C10H11BrOS. The fourth-order valence-electron chi connectivity index (χ4n) is 1.20. The maximum absolute atomic E-state index is 11.2. The normalized spacial score (nSPS) is 12.6. The molecule has 0 saturated carbocycles. The standard InChI is InChI=1S/C10H11BrOS/c1-6-4-3-5-8(13)9(6)10(11)7(2)12/h3-5,10,13H,1-2H3. The monoisotopic (exact) mass is 258 g/mol. The van der Waals surface area contributed by atoms with E-state index < -0.39 is 0 Å². The van der Waals surface area contributed by atoms with Crippen molar-refractivity contribution in [2.24, 2.45) is 0 Å². The van der Waals surface area contributed by atoms with E-state index in [1.165, 1.54) is 0 Å². The molecule has 1 rings (SSSR count). The first kappa shape index (κ1) is 10.8. The summed E-state index contributed by atoms with van der Waals surface area (Å²) in [6.07, 6.45) is 0. The van der Waals surface area contributed by atoms with Gasteiger partial charge in [0, 0.05) is 4.90 Å². The van der Waals surface area contributed by atoms with E-state index in [1.54, 1.807) is 6.92 Å². The number of benzene rings is 1. The van der Waals surface area contributed by atoms with E-state index in [1.807, 2.05) is 25.1 Å². The highest BCUT2D eigenvalue weighted by molar-refractivity contribution is 9.09. The summed E-state index contributed by atoms with van der Waals surface area (Å²) in [5, 5.41) is 0. The molecule has 13 heavy (non-hydrogen) atoms. The van der Waals surface area contributed by atoms with E-state index >= 15 is 0 Å². The molecule has 0 amide bonds. The molecule has 1 aromatic rings. The zero-order valence-electron chi connectivity index (χ0n) is 7.54. The SMILES string of the molecule is CC(=O)C(Br)c1c(C)cccc1S. The van der Waals surface area contributed by atoms with Crippen LogP contribution in [0.25, 0.3) is 0 Å². The van der Waals surface area contributed by atoms with Crippen LogP contribution in [0.2, 0.25) is 0 Å². The Kier molecular flexibility index (Phi) is 3.56. The molecule has 0 saturated heterocycles. The third-order valence-electron chi connectivity index (χ3n) is 1.91. The van der Waals surface area contributed by atoms with Crippen molar-refractivity contribution in [3.8, 4) is 0 Å². The first-order chi connectivity index (χ1) is 6.04. The average molecular weight is 259 g/mol. The fraction of sp³-hybridized carbons (Fsp3) is 0.300. The minimum Gasteiger partial charge on any atom is -0.298 e. The summed E-state index contributed by atoms with van der Waals surface area (Å²) in [5.74, 6) is 0.101. The fourth-order valence-corrected chi connectivity index (χ4v) is 2.37. The number of aryl methyl sites for hydroxylation is 1. The van der Waals surface area contributed by atoms with Gasteiger partial charge in [-0.15, -0.1) is 12.6 Å². The summed E-state index contributed by atoms with van der Waals surface area (Å²) >= 11 is 7.67. The van der Waals surface area contributed by atoms with Crippen LogP contribution in [0.15, 0.2) is 23.1 Å². The number of rotatable bonds is 2. The van der Waals surface area contributed by atoms with Crippen molar-refractivity contribution in [1.29, 1.82) is 0 Å². The Balaban J connectivity index is 3.20. The van der Waals surface area contributed by atoms with Gasteiger partial charge in [-0.25, -0.2) is 0 Å². The molecule has 3 heteroatoms. The van der Waals surface area contributed by atoms with Crippen LogP contribution in [0.3, 0.4) is 0 Å². The number of carbonyl (C=O) groups excluding carboxylic acids is 1. The van der Waals surface area contributed by atoms with Gasteiger partial charge in [-0.05, 0) is 31.0 Å². The number of carbonyl (C=O) groups is 1. The van der Waals surface area contributed by atoms with Crippen molar-refractivity contribution in [1.82, 2.24) is 0 Å². The number of thiol groups is 1. The van der Waals surface area contributed by atoms with Gasteiger partial charge in [-0.1, -0.05) is 28.1 Å². The first-order valence-corrected chi connectivity index (χ1v) is 5.33. The van der Waals surface area contributed by atoms with Crippen LogP contribution in [-0.4, -0.2) is 5.78 Å². The van der Waals surface area contributed by atoms with Crippen molar-refractivity contribution in [2.45, 2.75) is 23.6 Å². The Morgan fingerprint density at radius 3 is 2.62 bits per heavy atom. The number of hydrogen-bond acceptors (Lipinski definition) is 2. The van der Waals surface area contributed by atoms with Gasteiger partial charge in [-0.3, -0.25) is 4.79 Å². The third kappa shape index (κ3) is 2.35. The van der Waals surface area contributed by atoms with E-state index in [0.29, 0.717) is 0 Å². The molecule has 0 aliphatic rings. The van der Waals surface area contributed by atoms with Gasteiger partial charge >= 0.3 is 0 Å². The molecule has 0 radical (unpaired) electrons. The molecule has 1 atom stereocenters. The Hall–Kier alpha value is -0.280. The van der Waals surface area contributed by atoms with Gasteiger partial charge in [-0.2, -0.15) is 0 Å². The minimum absolute atomic E-state index is 0.101. The van der Waals surface area contributed by atoms with E-state index in [2.05, 4.69) is 28.6 Å². The molecule has 0 spiro atoms. The smallest absolute Gasteiger partial charge is 0.147 e. The number of halogens is 1. The van der Waals surface area contributed by atoms with Gasteiger partial charge in [0.15, 0.2) is 0 Å². The van der Waals surface area contributed by atoms with Crippen molar-refractivity contribution >= 4 is 34.3 Å². The highest BCUT2D eigenvalue weighted by atomic mass is 79.9. The predicted molar refractivity (Wildman–Crippen MR) is 60.8 cm³/mol. The van der Waals surface area contributed by atoms with Crippen molar-refractivity contribution in [2.75, 3.05) is 0 Å². The van der Waals surface area contributed by atoms with Crippen LogP contribution < -0.4 is 0 Å². The Bertz CT molecular complexity index is 315. The maximum Gasteiger partial charge on any atom is 0.147 e. The molecule has 1 nitrogen and oxygen atoms in total. The number of ketones is 1. The van der Waals surface area contributed by atoms with Crippen molar-refractivity contribution in [3.63, 3.8) is 0 Å². The molecule has 0 aliphatic heterocycles. The molecule has 70 valence electrons. The molecule has 0 heterocycles. The Labute approximate surface area is 92.1 Å². The molecule has 0 bridgehead atoms. The zero-order chi connectivity index (χ0) is 10.0. The van der Waals surface area contributed by atoms with Gasteiger partial charge in [0.05, 0.1) is 4.83 Å². The molecule has 0 aromatic heterocycles. The summed E-state index contributed by atoms with van der Waals surface area (Å²) in [4.78, 5) is 11.8. The number of alkyl halides is 1. The summed E-state index contributed by atoms with van der Waals surface area (Å²) in [7, 11) is 0. The molecular weight excluding hydrogens is 248 g/mol. The second-order valence-electron chi connectivity index (χ2n) is 2.98. The second kappa shape index (κ2) is 4.29. The third-order valence-corrected chi connectivity index (χ3v) is 3.40. The lowest BCUT2D eigenvalue weighted by Crippen LogP contribution is -2.04. The lowest BCUT2D eigenvalue weighted by Gasteiger charge is -2.12. The highest BCUT2D eigenvalue weighted by Crippen LogP contribution is 2.31. The van der Waals surface area contributed by atoms with Crippen molar-refractivity contribution < 1.29 is 4.79 Å². The quantitative estimate of drug-likeness (QED) is 0.637. The predicted octanol–water partition coefficient (Wildman–Crippen LogP) is 3.31. The average Bonchev–Trinajstić information content (AvgIpc) is 2.03. The van der Waals surface area contributed by atoms with Gasteiger partial charge in [0.2, 0.25) is 0 Å². The zero-order valence-corrected chi connectivity index (χ0v) is 10.0. The van der Waals surface area contributed by atoms with Crippen molar-refractivity contribution in [3.05, 3.63) is 29.3 Å². The minimum atomic E-state index is -0.235. The number of hydrogen-bond donors (Lipinski definition) is 1. The van der Waals surface area contributed by atoms with E-state index in [0.717, 1.165) is 16.0 Å². The van der Waals surface area contributed by atoms with Crippen LogP contribution in [0.1, 0.15) is 22.9 Å². The van der Waals surface area contributed by atoms with Gasteiger partial charge in [0.1, 0.15) is 5.78 Å². The molecule has 1 aromatic carbocycles. The first-order valence-electron chi connectivity index (χ1n) is 3.97. The van der Waals surface area contributed by atoms with Gasteiger partial charge < -0.3 is 0 Å².